The van der Waals surface area contributed by atoms with Crippen molar-refractivity contribution in [3.05, 3.63) is 81.6 Å². The highest BCUT2D eigenvalue weighted by atomic mass is 35.5. The van der Waals surface area contributed by atoms with Crippen LogP contribution in [-0.2, 0) is 4.79 Å². The van der Waals surface area contributed by atoms with Crippen LogP contribution in [0, 0.1) is 13.8 Å². The maximum atomic E-state index is 11.9. The maximum absolute atomic E-state index is 11.9. The summed E-state index contributed by atoms with van der Waals surface area (Å²) in [6, 6.07) is 16.8. The van der Waals surface area contributed by atoms with Gasteiger partial charge in [-0.25, -0.2) is 5.43 Å². The van der Waals surface area contributed by atoms with Gasteiger partial charge in [0.1, 0.15) is 0 Å². The number of benzene rings is 2. The van der Waals surface area contributed by atoms with Gasteiger partial charge in [-0.15, -0.1) is 0 Å². The second-order valence-corrected chi connectivity index (χ2v) is 7.11. The van der Waals surface area contributed by atoms with Crippen molar-refractivity contribution in [3.63, 3.8) is 0 Å². The average molecular weight is 415 g/mol. The van der Waals surface area contributed by atoms with Gasteiger partial charge < -0.3 is 9.88 Å². The number of hydrogen-bond acceptors (Lipinski definition) is 3. The molecule has 1 amide bonds. The summed E-state index contributed by atoms with van der Waals surface area (Å²) in [4.78, 5) is 11.9. The van der Waals surface area contributed by atoms with E-state index in [1.54, 1.807) is 18.3 Å². The number of aromatic nitrogens is 1. The van der Waals surface area contributed by atoms with Crippen molar-refractivity contribution in [2.75, 3.05) is 11.9 Å². The molecular weight excluding hydrogens is 395 g/mol. The minimum atomic E-state index is -0.230. The Hall–Kier alpha value is -2.76. The first-order valence-corrected chi connectivity index (χ1v) is 9.46. The van der Waals surface area contributed by atoms with Gasteiger partial charge in [0.15, 0.2) is 0 Å². The molecule has 28 heavy (non-hydrogen) atoms. The summed E-state index contributed by atoms with van der Waals surface area (Å²) in [7, 11) is 0. The minimum Gasteiger partial charge on any atom is -0.376 e. The molecular formula is C21H20Cl2N4O. The SMILES string of the molecule is Cc1cc(/C=N\NC(=O)CNc2ccccc2)c(C)n1-c1cc(Cl)ccc1Cl. The van der Waals surface area contributed by atoms with E-state index in [4.69, 9.17) is 23.2 Å². The highest BCUT2D eigenvalue weighted by Gasteiger charge is 2.12. The molecule has 0 atom stereocenters. The van der Waals surface area contributed by atoms with Gasteiger partial charge in [0, 0.05) is 27.7 Å². The summed E-state index contributed by atoms with van der Waals surface area (Å²) in [5, 5.41) is 8.32. The van der Waals surface area contributed by atoms with E-state index in [-0.39, 0.29) is 12.5 Å². The van der Waals surface area contributed by atoms with Gasteiger partial charge >= 0.3 is 0 Å². The Morgan fingerprint density at radius 1 is 1.11 bits per heavy atom. The molecule has 7 heteroatoms. The third-order valence-electron chi connectivity index (χ3n) is 4.24. The summed E-state index contributed by atoms with van der Waals surface area (Å²) in [6.45, 7) is 4.08. The zero-order valence-electron chi connectivity index (χ0n) is 15.5. The fraction of sp³-hybridized carbons (Fsp3) is 0.143. The predicted molar refractivity (Wildman–Crippen MR) is 116 cm³/mol. The van der Waals surface area contributed by atoms with Crippen molar-refractivity contribution in [2.24, 2.45) is 5.10 Å². The molecule has 0 bridgehead atoms. The van der Waals surface area contributed by atoms with Crippen LogP contribution < -0.4 is 10.7 Å². The lowest BCUT2D eigenvalue weighted by atomic mass is 10.2. The molecule has 0 aliphatic heterocycles. The second kappa shape index (κ2) is 8.95. The predicted octanol–water partition coefficient (Wildman–Crippen LogP) is 4.96. The number of hydrazone groups is 1. The molecule has 0 fully saturated rings. The van der Waals surface area contributed by atoms with Gasteiger partial charge in [0.2, 0.25) is 0 Å². The number of amides is 1. The summed E-state index contributed by atoms with van der Waals surface area (Å²) in [5.41, 5.74) is 7.03. The highest BCUT2D eigenvalue weighted by molar-refractivity contribution is 6.34. The molecule has 0 aliphatic carbocycles. The standard InChI is InChI=1S/C21H20Cl2N4O/c1-14-10-16(15(2)27(14)20-11-17(22)8-9-19(20)23)12-25-26-21(28)13-24-18-6-4-3-5-7-18/h3-12,24H,13H2,1-2H3,(H,26,28)/b25-12-. The van der Waals surface area contributed by atoms with E-state index in [0.717, 1.165) is 28.3 Å². The Kier molecular flexibility index (Phi) is 6.39. The van der Waals surface area contributed by atoms with E-state index >= 15 is 0 Å². The topological polar surface area (TPSA) is 58.4 Å². The number of para-hydroxylation sites is 1. The fourth-order valence-corrected chi connectivity index (χ4v) is 3.27. The summed E-state index contributed by atoms with van der Waals surface area (Å²) in [5.74, 6) is -0.230. The number of anilines is 1. The normalized spacial score (nSPS) is 11.0. The molecule has 0 radical (unpaired) electrons. The van der Waals surface area contributed by atoms with Crippen LogP contribution >= 0.6 is 23.2 Å². The summed E-state index contributed by atoms with van der Waals surface area (Å²) < 4.78 is 2.01. The number of rotatable bonds is 6. The molecule has 0 saturated heterocycles. The number of hydrogen-bond donors (Lipinski definition) is 2. The molecule has 3 rings (SSSR count). The van der Waals surface area contributed by atoms with Crippen LogP contribution in [0.2, 0.25) is 10.0 Å². The highest BCUT2D eigenvalue weighted by Crippen LogP contribution is 2.28. The number of carbonyl (C=O) groups is 1. The van der Waals surface area contributed by atoms with Crippen molar-refractivity contribution < 1.29 is 4.79 Å². The Morgan fingerprint density at radius 2 is 1.86 bits per heavy atom. The van der Waals surface area contributed by atoms with Crippen LogP contribution in [-0.4, -0.2) is 23.2 Å². The average Bonchev–Trinajstić information content (AvgIpc) is 2.96. The van der Waals surface area contributed by atoms with Crippen LogP contribution in [0.5, 0.6) is 0 Å². The molecule has 2 aromatic carbocycles. The van der Waals surface area contributed by atoms with Crippen molar-refractivity contribution in [1.82, 2.24) is 9.99 Å². The fourth-order valence-electron chi connectivity index (χ4n) is 2.90. The number of halogens is 2. The van der Waals surface area contributed by atoms with Gasteiger partial charge in [-0.05, 0) is 50.2 Å². The van der Waals surface area contributed by atoms with Crippen LogP contribution in [0.4, 0.5) is 5.69 Å². The van der Waals surface area contributed by atoms with E-state index in [1.807, 2.05) is 60.9 Å². The molecule has 1 heterocycles. The number of carbonyl (C=O) groups excluding carboxylic acids is 1. The lowest BCUT2D eigenvalue weighted by Crippen LogP contribution is -2.25. The van der Waals surface area contributed by atoms with E-state index in [9.17, 15) is 4.79 Å². The van der Waals surface area contributed by atoms with Crippen LogP contribution in [0.1, 0.15) is 17.0 Å². The Morgan fingerprint density at radius 3 is 2.61 bits per heavy atom. The number of aryl methyl sites for hydroxylation is 1. The van der Waals surface area contributed by atoms with Gasteiger partial charge in [0.05, 0.1) is 23.5 Å². The van der Waals surface area contributed by atoms with Crippen LogP contribution in [0.25, 0.3) is 5.69 Å². The lowest BCUT2D eigenvalue weighted by molar-refractivity contribution is -0.119. The van der Waals surface area contributed by atoms with Gasteiger partial charge in [-0.1, -0.05) is 41.4 Å². The summed E-state index contributed by atoms with van der Waals surface area (Å²) >= 11 is 12.5. The van der Waals surface area contributed by atoms with E-state index in [1.165, 1.54) is 0 Å². The van der Waals surface area contributed by atoms with Crippen molar-refractivity contribution in [2.45, 2.75) is 13.8 Å². The number of nitrogens with zero attached hydrogens (tertiary/aromatic N) is 2. The lowest BCUT2D eigenvalue weighted by Gasteiger charge is -2.12. The molecule has 0 saturated carbocycles. The largest absolute Gasteiger partial charge is 0.376 e. The minimum absolute atomic E-state index is 0.137. The van der Waals surface area contributed by atoms with Crippen LogP contribution in [0.3, 0.4) is 0 Å². The molecule has 2 N–H and O–H groups in total. The van der Waals surface area contributed by atoms with E-state index in [0.29, 0.717) is 10.0 Å². The molecule has 5 nitrogen and oxygen atoms in total. The molecule has 0 unspecified atom stereocenters. The Balaban J connectivity index is 1.68. The smallest absolute Gasteiger partial charge is 0.259 e. The third kappa shape index (κ3) is 4.74. The first-order chi connectivity index (χ1) is 13.5. The quantitative estimate of drug-likeness (QED) is 0.442. The monoisotopic (exact) mass is 414 g/mol. The first-order valence-electron chi connectivity index (χ1n) is 8.71. The van der Waals surface area contributed by atoms with Crippen molar-refractivity contribution >= 4 is 41.0 Å². The third-order valence-corrected chi connectivity index (χ3v) is 4.79. The summed E-state index contributed by atoms with van der Waals surface area (Å²) in [6.07, 6.45) is 1.62. The Labute approximate surface area is 174 Å². The molecule has 3 aromatic rings. The molecule has 144 valence electrons. The maximum Gasteiger partial charge on any atom is 0.259 e. The van der Waals surface area contributed by atoms with Gasteiger partial charge in [-0.3, -0.25) is 4.79 Å². The second-order valence-electron chi connectivity index (χ2n) is 6.27. The van der Waals surface area contributed by atoms with E-state index in [2.05, 4.69) is 15.8 Å². The molecule has 1 aromatic heterocycles. The zero-order valence-corrected chi connectivity index (χ0v) is 17.1. The zero-order chi connectivity index (χ0) is 20.1. The first kappa shape index (κ1) is 20.0. The Bertz CT molecular complexity index is 1010. The van der Waals surface area contributed by atoms with Crippen molar-refractivity contribution in [1.29, 1.82) is 0 Å². The van der Waals surface area contributed by atoms with Gasteiger partial charge in [0.25, 0.3) is 5.91 Å². The molecule has 0 aliphatic rings. The van der Waals surface area contributed by atoms with Crippen molar-refractivity contribution in [3.8, 4) is 5.69 Å². The van der Waals surface area contributed by atoms with Crippen LogP contribution in [0.15, 0.2) is 59.7 Å². The van der Waals surface area contributed by atoms with Gasteiger partial charge in [-0.2, -0.15) is 5.10 Å². The molecule has 0 spiro atoms. The number of nitrogens with one attached hydrogen (secondary N) is 2. The van der Waals surface area contributed by atoms with E-state index < -0.39 is 0 Å².